The Balaban J connectivity index is 1.99. The van der Waals surface area contributed by atoms with Gasteiger partial charge in [0.05, 0.1) is 11.6 Å². The maximum Gasteiger partial charge on any atom is 0.373 e. The van der Waals surface area contributed by atoms with E-state index in [0.29, 0.717) is 5.69 Å². The molecule has 1 aliphatic rings. The first-order chi connectivity index (χ1) is 11.1. The van der Waals surface area contributed by atoms with Gasteiger partial charge in [0.15, 0.2) is 0 Å². The Bertz CT molecular complexity index is 710. The number of carbonyl (C=O) groups is 1. The standard InChI is InChI=1S/C16H18FN3O3/c1-10(20-8-6-18-7-9-20)13-14(16(21)22)23-15(19-13)11-4-2-3-5-12(11)17/h2-5,10,18H,6-9H2,1H3,(H,21,22). The number of rotatable bonds is 4. The molecule has 0 bridgehead atoms. The summed E-state index contributed by atoms with van der Waals surface area (Å²) in [6.07, 6.45) is 0. The van der Waals surface area contributed by atoms with E-state index in [2.05, 4.69) is 15.2 Å². The molecule has 1 aromatic heterocycles. The monoisotopic (exact) mass is 319 g/mol. The summed E-state index contributed by atoms with van der Waals surface area (Å²) in [5.41, 5.74) is 0.492. The minimum absolute atomic E-state index is 0.00233. The molecule has 1 saturated heterocycles. The van der Waals surface area contributed by atoms with Crippen molar-refractivity contribution in [3.05, 3.63) is 41.5 Å². The van der Waals surface area contributed by atoms with Gasteiger partial charge in [-0.3, -0.25) is 4.90 Å². The summed E-state index contributed by atoms with van der Waals surface area (Å²) < 4.78 is 19.3. The molecule has 23 heavy (non-hydrogen) atoms. The summed E-state index contributed by atoms with van der Waals surface area (Å²) in [4.78, 5) is 17.9. The topological polar surface area (TPSA) is 78.6 Å². The molecular weight excluding hydrogens is 301 g/mol. The normalized spacial score (nSPS) is 17.1. The van der Waals surface area contributed by atoms with Gasteiger partial charge in [0, 0.05) is 26.2 Å². The van der Waals surface area contributed by atoms with Gasteiger partial charge in [0.2, 0.25) is 11.7 Å². The number of hydrogen-bond donors (Lipinski definition) is 2. The second-order valence-corrected chi connectivity index (χ2v) is 5.48. The van der Waals surface area contributed by atoms with E-state index in [1.165, 1.54) is 12.1 Å². The van der Waals surface area contributed by atoms with Crippen molar-refractivity contribution in [2.24, 2.45) is 0 Å². The Labute approximate surface area is 132 Å². The molecular formula is C16H18FN3O3. The number of nitrogens with one attached hydrogen (secondary N) is 1. The zero-order chi connectivity index (χ0) is 16.4. The highest BCUT2D eigenvalue weighted by atomic mass is 19.1. The van der Waals surface area contributed by atoms with E-state index in [4.69, 9.17) is 4.42 Å². The van der Waals surface area contributed by atoms with Crippen LogP contribution in [0.4, 0.5) is 4.39 Å². The van der Waals surface area contributed by atoms with E-state index in [0.717, 1.165) is 26.2 Å². The Morgan fingerprint density at radius 3 is 2.74 bits per heavy atom. The lowest BCUT2D eigenvalue weighted by molar-refractivity contribution is 0.0657. The lowest BCUT2D eigenvalue weighted by atomic mass is 10.1. The van der Waals surface area contributed by atoms with E-state index in [9.17, 15) is 14.3 Å². The first-order valence-electron chi connectivity index (χ1n) is 7.51. The number of halogens is 1. The third-order valence-electron chi connectivity index (χ3n) is 4.05. The zero-order valence-corrected chi connectivity index (χ0v) is 12.8. The summed E-state index contributed by atoms with van der Waals surface area (Å²) in [5.74, 6) is -1.92. The second kappa shape index (κ2) is 6.47. The van der Waals surface area contributed by atoms with Gasteiger partial charge in [-0.25, -0.2) is 14.2 Å². The van der Waals surface area contributed by atoms with E-state index in [1.54, 1.807) is 12.1 Å². The lowest BCUT2D eigenvalue weighted by Gasteiger charge is -2.31. The van der Waals surface area contributed by atoms with Crippen LogP contribution in [0.1, 0.15) is 29.2 Å². The summed E-state index contributed by atoms with van der Waals surface area (Å²) in [6, 6.07) is 5.81. The predicted octanol–water partition coefficient (Wildman–Crippen LogP) is 2.15. The van der Waals surface area contributed by atoms with Gasteiger partial charge in [0.1, 0.15) is 11.5 Å². The van der Waals surface area contributed by atoms with Gasteiger partial charge in [-0.05, 0) is 19.1 Å². The Kier molecular flexibility index (Phi) is 4.40. The quantitative estimate of drug-likeness (QED) is 0.899. The number of aromatic carboxylic acids is 1. The summed E-state index contributed by atoms with van der Waals surface area (Å²) >= 11 is 0. The Hall–Kier alpha value is -2.25. The minimum atomic E-state index is -1.20. The van der Waals surface area contributed by atoms with Crippen LogP contribution in [0.3, 0.4) is 0 Å². The highest BCUT2D eigenvalue weighted by molar-refractivity contribution is 5.86. The molecule has 1 atom stereocenters. The molecule has 1 unspecified atom stereocenters. The number of aromatic nitrogens is 1. The van der Waals surface area contributed by atoms with Crippen molar-refractivity contribution in [2.45, 2.75) is 13.0 Å². The van der Waals surface area contributed by atoms with Gasteiger partial charge >= 0.3 is 5.97 Å². The fraction of sp³-hybridized carbons (Fsp3) is 0.375. The average Bonchev–Trinajstić information content (AvgIpc) is 3.01. The van der Waals surface area contributed by atoms with Crippen molar-refractivity contribution < 1.29 is 18.7 Å². The zero-order valence-electron chi connectivity index (χ0n) is 12.8. The van der Waals surface area contributed by atoms with Crippen LogP contribution in [0.15, 0.2) is 28.7 Å². The van der Waals surface area contributed by atoms with Crippen LogP contribution < -0.4 is 5.32 Å². The molecule has 6 nitrogen and oxygen atoms in total. The molecule has 2 heterocycles. The average molecular weight is 319 g/mol. The Morgan fingerprint density at radius 1 is 1.39 bits per heavy atom. The molecule has 7 heteroatoms. The van der Waals surface area contributed by atoms with E-state index in [-0.39, 0.29) is 23.3 Å². The highest BCUT2D eigenvalue weighted by Gasteiger charge is 2.29. The van der Waals surface area contributed by atoms with Crippen LogP contribution in [-0.4, -0.2) is 47.1 Å². The van der Waals surface area contributed by atoms with Crippen LogP contribution in [0.2, 0.25) is 0 Å². The number of carboxylic acids is 1. The largest absolute Gasteiger partial charge is 0.475 e. The van der Waals surface area contributed by atoms with E-state index >= 15 is 0 Å². The molecule has 1 aliphatic heterocycles. The highest BCUT2D eigenvalue weighted by Crippen LogP contribution is 2.30. The molecule has 2 aromatic rings. The molecule has 122 valence electrons. The van der Waals surface area contributed by atoms with Crippen molar-refractivity contribution in [2.75, 3.05) is 26.2 Å². The number of hydrogen-bond acceptors (Lipinski definition) is 5. The second-order valence-electron chi connectivity index (χ2n) is 5.48. The Morgan fingerprint density at radius 2 is 2.09 bits per heavy atom. The first kappa shape index (κ1) is 15.6. The van der Waals surface area contributed by atoms with Crippen LogP contribution in [-0.2, 0) is 0 Å². The van der Waals surface area contributed by atoms with Crippen LogP contribution in [0.25, 0.3) is 11.5 Å². The number of oxazole rings is 1. The number of benzene rings is 1. The molecule has 0 spiro atoms. The van der Waals surface area contributed by atoms with Crippen molar-refractivity contribution in [1.29, 1.82) is 0 Å². The number of piperazine rings is 1. The van der Waals surface area contributed by atoms with Crippen molar-refractivity contribution in [1.82, 2.24) is 15.2 Å². The first-order valence-corrected chi connectivity index (χ1v) is 7.51. The third kappa shape index (κ3) is 3.11. The maximum absolute atomic E-state index is 13.9. The molecule has 0 radical (unpaired) electrons. The summed E-state index contributed by atoms with van der Waals surface area (Å²) in [6.45, 7) is 5.15. The summed E-state index contributed by atoms with van der Waals surface area (Å²) in [7, 11) is 0. The molecule has 3 rings (SSSR count). The predicted molar refractivity (Wildman–Crippen MR) is 81.7 cm³/mol. The third-order valence-corrected chi connectivity index (χ3v) is 4.05. The maximum atomic E-state index is 13.9. The van der Waals surface area contributed by atoms with Crippen LogP contribution in [0, 0.1) is 5.82 Å². The summed E-state index contributed by atoms with van der Waals surface area (Å²) in [5, 5.41) is 12.6. The van der Waals surface area contributed by atoms with Crippen molar-refractivity contribution in [3.63, 3.8) is 0 Å². The van der Waals surface area contributed by atoms with Gasteiger partial charge < -0.3 is 14.8 Å². The molecule has 0 amide bonds. The number of carboxylic acid groups (broad SMARTS) is 1. The fourth-order valence-electron chi connectivity index (χ4n) is 2.76. The van der Waals surface area contributed by atoms with Crippen molar-refractivity contribution in [3.8, 4) is 11.5 Å². The van der Waals surface area contributed by atoms with Crippen molar-refractivity contribution >= 4 is 5.97 Å². The van der Waals surface area contributed by atoms with Gasteiger partial charge in [-0.2, -0.15) is 0 Å². The van der Waals surface area contributed by atoms with Crippen LogP contribution in [0.5, 0.6) is 0 Å². The van der Waals surface area contributed by atoms with E-state index in [1.807, 2.05) is 6.92 Å². The molecule has 1 aromatic carbocycles. The lowest BCUT2D eigenvalue weighted by Crippen LogP contribution is -2.44. The smallest absolute Gasteiger partial charge is 0.373 e. The number of nitrogens with zero attached hydrogens (tertiary/aromatic N) is 2. The fourth-order valence-corrected chi connectivity index (χ4v) is 2.76. The molecule has 0 aliphatic carbocycles. The van der Waals surface area contributed by atoms with Crippen LogP contribution >= 0.6 is 0 Å². The molecule has 0 saturated carbocycles. The van der Waals surface area contributed by atoms with E-state index < -0.39 is 11.8 Å². The molecule has 2 N–H and O–H groups in total. The molecule has 1 fully saturated rings. The SMILES string of the molecule is CC(c1nc(-c2ccccc2F)oc1C(=O)O)N1CCNCC1. The van der Waals surface area contributed by atoms with Gasteiger partial charge in [0.25, 0.3) is 0 Å². The van der Waals surface area contributed by atoms with Gasteiger partial charge in [-0.1, -0.05) is 12.1 Å². The van der Waals surface area contributed by atoms with Gasteiger partial charge in [-0.15, -0.1) is 0 Å². The minimum Gasteiger partial charge on any atom is -0.475 e.